The van der Waals surface area contributed by atoms with Gasteiger partial charge >= 0.3 is 0 Å². The van der Waals surface area contributed by atoms with Crippen LogP contribution >= 0.6 is 0 Å². The summed E-state index contributed by atoms with van der Waals surface area (Å²) in [7, 11) is -2.64. The van der Waals surface area contributed by atoms with E-state index < -0.39 is 8.07 Å². The van der Waals surface area contributed by atoms with Gasteiger partial charge in [0.25, 0.3) is 0 Å². The van der Waals surface area contributed by atoms with Crippen LogP contribution in [-0.2, 0) is 0 Å². The number of hydrogen-bond acceptors (Lipinski definition) is 1. The number of benzene rings is 11. The van der Waals surface area contributed by atoms with E-state index in [1.165, 1.54) is 75.6 Å². The minimum Gasteiger partial charge on any atom is -0.310 e. The molecule has 0 aliphatic carbocycles. The molecule has 0 saturated heterocycles. The Balaban J connectivity index is 1.00. The van der Waals surface area contributed by atoms with Crippen LogP contribution < -0.4 is 25.6 Å². The van der Waals surface area contributed by atoms with Crippen LogP contribution in [-0.4, -0.2) is 12.6 Å². The maximum absolute atomic E-state index is 2.64. The van der Waals surface area contributed by atoms with Crippen molar-refractivity contribution in [2.45, 2.75) is 0 Å². The lowest BCUT2D eigenvalue weighted by molar-refractivity contribution is 1.18. The van der Waals surface area contributed by atoms with Gasteiger partial charge in [0.2, 0.25) is 0 Å². The highest BCUT2D eigenvalue weighted by molar-refractivity contribution is 7.19. The molecule has 0 aliphatic rings. The number of aromatic nitrogens is 1. The Hall–Kier alpha value is -8.50. The topological polar surface area (TPSA) is 8.17 Å². The van der Waals surface area contributed by atoms with Gasteiger partial charge in [-0.25, -0.2) is 0 Å². The SMILES string of the molecule is c1ccc(-c2ccc3ccc(N(c4ccc(-c5ccc([Si](c6ccccc6)(c6ccccc6)c6ccccc6)cc5)cc4)c4cccc5c4c4ccccc4n5-c4ccccc4)cc3c2)cc1. The molecule has 11 aromatic carbocycles. The summed E-state index contributed by atoms with van der Waals surface area (Å²) < 4.78 is 2.40. The molecule has 3 heteroatoms. The molecule has 0 N–H and O–H groups in total. The molecule has 1 heterocycles. The van der Waals surface area contributed by atoms with Gasteiger partial charge in [0.1, 0.15) is 0 Å². The summed E-state index contributed by atoms with van der Waals surface area (Å²) in [5.74, 6) is 0. The monoisotopic (exact) mass is 870 g/mol. The number of para-hydroxylation sites is 2. The van der Waals surface area contributed by atoms with Gasteiger partial charge in [-0.2, -0.15) is 0 Å². The molecule has 12 rings (SSSR count). The van der Waals surface area contributed by atoms with E-state index in [2.05, 4.69) is 289 Å². The number of rotatable bonds is 10. The lowest BCUT2D eigenvalue weighted by atomic mass is 10.00. The second-order valence-electron chi connectivity index (χ2n) is 17.3. The minimum absolute atomic E-state index is 1.09. The van der Waals surface area contributed by atoms with Crippen molar-refractivity contribution in [2.75, 3.05) is 4.90 Å². The summed E-state index contributed by atoms with van der Waals surface area (Å²) in [6.07, 6.45) is 0. The van der Waals surface area contributed by atoms with E-state index >= 15 is 0 Å². The van der Waals surface area contributed by atoms with Crippen LogP contribution in [0, 0.1) is 0 Å². The van der Waals surface area contributed by atoms with E-state index in [-0.39, 0.29) is 0 Å². The average molecular weight is 871 g/mol. The standard InChI is InChI=1S/C64H46N2Si/c1-6-19-47(20-7-1)51-34-33-50-37-42-55(46-52(50)45-51)65(62-31-18-32-63-64(62)60-29-16-17-30-61(60)66(63)53-21-8-2-9-22-53)54-40-35-48(36-41-54)49-38-43-59(44-39-49)67(56-23-10-3-11-24-56,57-25-12-4-13-26-57)58-27-14-5-15-28-58/h1-46H. The first kappa shape index (κ1) is 40.0. The molecule has 316 valence electrons. The summed E-state index contributed by atoms with van der Waals surface area (Å²) >= 11 is 0. The normalized spacial score (nSPS) is 11.6. The van der Waals surface area contributed by atoms with E-state index in [0.717, 1.165) is 22.7 Å². The molecule has 0 atom stereocenters. The predicted molar refractivity (Wildman–Crippen MR) is 287 cm³/mol. The van der Waals surface area contributed by atoms with Crippen LogP contribution in [0.2, 0.25) is 0 Å². The van der Waals surface area contributed by atoms with Crippen molar-refractivity contribution in [2.24, 2.45) is 0 Å². The second-order valence-corrected chi connectivity index (χ2v) is 21.1. The van der Waals surface area contributed by atoms with Crippen LogP contribution in [0.5, 0.6) is 0 Å². The molecular weight excluding hydrogens is 825 g/mol. The van der Waals surface area contributed by atoms with Crippen molar-refractivity contribution >= 4 is 78.5 Å². The Morgan fingerprint density at radius 2 is 0.761 bits per heavy atom. The Labute approximate surface area is 392 Å². The molecule has 0 saturated carbocycles. The molecule has 0 fully saturated rings. The summed E-state index contributed by atoms with van der Waals surface area (Å²) in [5, 5.41) is 10.3. The lowest BCUT2D eigenvalue weighted by Crippen LogP contribution is -2.74. The van der Waals surface area contributed by atoms with Gasteiger partial charge in [0.15, 0.2) is 8.07 Å². The van der Waals surface area contributed by atoms with Crippen LogP contribution in [0.15, 0.2) is 279 Å². The van der Waals surface area contributed by atoms with E-state index in [4.69, 9.17) is 0 Å². The molecule has 67 heavy (non-hydrogen) atoms. The van der Waals surface area contributed by atoms with E-state index in [1.807, 2.05) is 0 Å². The number of anilines is 3. The fraction of sp³-hybridized carbons (Fsp3) is 0. The van der Waals surface area contributed by atoms with Crippen molar-refractivity contribution < 1.29 is 0 Å². The quantitative estimate of drug-likeness (QED) is 0.0982. The van der Waals surface area contributed by atoms with Gasteiger partial charge in [0, 0.05) is 27.8 Å². The molecule has 1 aromatic heterocycles. The van der Waals surface area contributed by atoms with Gasteiger partial charge in [-0.15, -0.1) is 0 Å². The number of hydrogen-bond donors (Lipinski definition) is 0. The van der Waals surface area contributed by atoms with E-state index in [1.54, 1.807) is 0 Å². The summed E-state index contributed by atoms with van der Waals surface area (Å²) in [5.41, 5.74) is 11.6. The predicted octanol–water partition coefficient (Wildman–Crippen LogP) is 14.1. The van der Waals surface area contributed by atoms with E-state index in [9.17, 15) is 0 Å². The molecule has 2 nitrogen and oxygen atoms in total. The van der Waals surface area contributed by atoms with Crippen LogP contribution in [0.4, 0.5) is 17.1 Å². The highest BCUT2D eigenvalue weighted by Crippen LogP contribution is 2.45. The second kappa shape index (κ2) is 17.1. The van der Waals surface area contributed by atoms with Crippen LogP contribution in [0.25, 0.3) is 60.5 Å². The highest BCUT2D eigenvalue weighted by atomic mass is 28.3. The maximum atomic E-state index is 2.45. The summed E-state index contributed by atoms with van der Waals surface area (Å²) in [4.78, 5) is 2.45. The fourth-order valence-electron chi connectivity index (χ4n) is 10.4. The highest BCUT2D eigenvalue weighted by Gasteiger charge is 2.41. The summed E-state index contributed by atoms with van der Waals surface area (Å²) in [6.45, 7) is 0. The van der Waals surface area contributed by atoms with Gasteiger partial charge in [-0.1, -0.05) is 218 Å². The smallest absolute Gasteiger partial charge is 0.179 e. The third-order valence-electron chi connectivity index (χ3n) is 13.5. The Bertz CT molecular complexity index is 3550. The number of nitrogens with zero attached hydrogens (tertiary/aromatic N) is 2. The first-order valence-electron chi connectivity index (χ1n) is 23.1. The first-order chi connectivity index (χ1) is 33.2. The molecule has 12 aromatic rings. The fourth-order valence-corrected chi connectivity index (χ4v) is 15.2. The Morgan fingerprint density at radius 3 is 1.39 bits per heavy atom. The van der Waals surface area contributed by atoms with Gasteiger partial charge in [-0.3, -0.25) is 0 Å². The van der Waals surface area contributed by atoms with Crippen molar-refractivity contribution in [3.63, 3.8) is 0 Å². The molecule has 0 amide bonds. The molecular formula is C64H46N2Si. The Morgan fingerprint density at radius 1 is 0.299 bits per heavy atom. The van der Waals surface area contributed by atoms with Crippen LogP contribution in [0.1, 0.15) is 0 Å². The molecule has 0 spiro atoms. The Kier molecular flexibility index (Phi) is 10.2. The molecule has 0 aliphatic heterocycles. The zero-order valence-electron chi connectivity index (χ0n) is 37.0. The first-order valence-corrected chi connectivity index (χ1v) is 25.1. The summed E-state index contributed by atoms with van der Waals surface area (Å²) in [6, 6.07) is 103. The minimum atomic E-state index is -2.64. The van der Waals surface area contributed by atoms with Crippen molar-refractivity contribution in [1.29, 1.82) is 0 Å². The zero-order chi connectivity index (χ0) is 44.6. The van der Waals surface area contributed by atoms with Crippen molar-refractivity contribution in [3.05, 3.63) is 279 Å². The number of fused-ring (bicyclic) bond motifs is 4. The molecule has 0 unspecified atom stereocenters. The van der Waals surface area contributed by atoms with Gasteiger partial charge < -0.3 is 9.47 Å². The zero-order valence-corrected chi connectivity index (χ0v) is 38.0. The molecule has 0 bridgehead atoms. The van der Waals surface area contributed by atoms with E-state index in [0.29, 0.717) is 0 Å². The van der Waals surface area contributed by atoms with Crippen molar-refractivity contribution in [3.8, 4) is 27.9 Å². The third kappa shape index (κ3) is 7.05. The van der Waals surface area contributed by atoms with Gasteiger partial charge in [-0.05, 0) is 114 Å². The largest absolute Gasteiger partial charge is 0.310 e. The van der Waals surface area contributed by atoms with Crippen LogP contribution in [0.3, 0.4) is 0 Å². The third-order valence-corrected chi connectivity index (χ3v) is 18.3. The maximum Gasteiger partial charge on any atom is 0.179 e. The average Bonchev–Trinajstić information content (AvgIpc) is 3.76. The van der Waals surface area contributed by atoms with Crippen molar-refractivity contribution in [1.82, 2.24) is 4.57 Å². The van der Waals surface area contributed by atoms with Gasteiger partial charge in [0.05, 0.1) is 16.7 Å². The lowest BCUT2D eigenvalue weighted by Gasteiger charge is -2.34. The molecule has 0 radical (unpaired) electrons.